The highest BCUT2D eigenvalue weighted by Crippen LogP contribution is 2.05. The molecule has 6 N–H and O–H groups in total. The predicted molar refractivity (Wildman–Crippen MR) is 103 cm³/mol. The van der Waals surface area contributed by atoms with E-state index in [1.807, 2.05) is 0 Å². The lowest BCUT2D eigenvalue weighted by Crippen LogP contribution is -2.29. The molecule has 0 aliphatic rings. The maximum absolute atomic E-state index is 10.3. The van der Waals surface area contributed by atoms with Crippen molar-refractivity contribution in [2.75, 3.05) is 6.61 Å². The van der Waals surface area contributed by atoms with Gasteiger partial charge in [0.15, 0.2) is 0 Å². The molecule has 1 atom stereocenters. The van der Waals surface area contributed by atoms with E-state index in [1.54, 1.807) is 0 Å². The van der Waals surface area contributed by atoms with Crippen LogP contribution in [0.2, 0.25) is 0 Å². The SMILES string of the molecule is CC(O)CO.O=C(O)/C=C\C(=O)O.O=C(O)/C=C\C(=O)O.O=C([O-])c1ccccc1C(=O)[O-]. The number of aromatic carboxylic acids is 2. The summed E-state index contributed by atoms with van der Waals surface area (Å²) in [5, 5.41) is 67.9. The molecule has 1 aromatic carbocycles. The maximum Gasteiger partial charge on any atom is 0.328 e. The Kier molecular flexibility index (Phi) is 19.5. The van der Waals surface area contributed by atoms with Crippen LogP contribution in [0.1, 0.15) is 27.6 Å². The van der Waals surface area contributed by atoms with Gasteiger partial charge in [0, 0.05) is 35.4 Å². The molecule has 182 valence electrons. The molecular formula is C19H20O14-2. The van der Waals surface area contributed by atoms with Crippen LogP contribution in [0.5, 0.6) is 0 Å². The fourth-order valence-electron chi connectivity index (χ4n) is 1.12. The Morgan fingerprint density at radius 1 is 0.727 bits per heavy atom. The molecule has 0 aliphatic heterocycles. The highest BCUT2D eigenvalue weighted by atomic mass is 16.4. The maximum atomic E-state index is 10.3. The molecule has 0 heterocycles. The highest BCUT2D eigenvalue weighted by Gasteiger charge is 2.01. The molecule has 1 rings (SSSR count). The van der Waals surface area contributed by atoms with Gasteiger partial charge in [0.1, 0.15) is 0 Å². The van der Waals surface area contributed by atoms with E-state index in [4.69, 9.17) is 30.6 Å². The van der Waals surface area contributed by atoms with Crippen molar-refractivity contribution in [1.29, 1.82) is 0 Å². The molecule has 14 heteroatoms. The van der Waals surface area contributed by atoms with Gasteiger partial charge in [-0.3, -0.25) is 0 Å². The van der Waals surface area contributed by atoms with Crippen molar-refractivity contribution in [2.45, 2.75) is 13.0 Å². The van der Waals surface area contributed by atoms with Crippen LogP contribution in [-0.4, -0.2) is 79.2 Å². The van der Waals surface area contributed by atoms with Gasteiger partial charge < -0.3 is 50.4 Å². The Bertz CT molecular complexity index is 768. The number of aliphatic hydroxyl groups excluding tert-OH is 2. The van der Waals surface area contributed by atoms with Gasteiger partial charge in [-0.05, 0) is 6.92 Å². The van der Waals surface area contributed by atoms with Crippen LogP contribution in [0, 0.1) is 0 Å². The standard InChI is InChI=1S/C8H6O4.2C4H4O4.C3H8O2/c9-7(10)5-3-1-2-4-6(5)8(11)12;2*5-3(6)1-2-4(7)8;1-3(5)2-4/h1-4H,(H,9,10)(H,11,12);2*1-2H,(H,5,6)(H,7,8);3-5H,2H2,1H3/p-2/b;2*2-1-;. The number of benzene rings is 1. The molecule has 14 nitrogen and oxygen atoms in total. The third-order valence-corrected chi connectivity index (χ3v) is 2.37. The van der Waals surface area contributed by atoms with Gasteiger partial charge in [-0.15, -0.1) is 0 Å². The summed E-state index contributed by atoms with van der Waals surface area (Å²) >= 11 is 0. The van der Waals surface area contributed by atoms with Crippen molar-refractivity contribution in [3.63, 3.8) is 0 Å². The summed E-state index contributed by atoms with van der Waals surface area (Å²) in [4.78, 5) is 58.9. The first-order valence-electron chi connectivity index (χ1n) is 8.24. The summed E-state index contributed by atoms with van der Waals surface area (Å²) < 4.78 is 0. The lowest BCUT2D eigenvalue weighted by atomic mass is 10.1. The molecule has 0 fully saturated rings. The van der Waals surface area contributed by atoms with Crippen LogP contribution < -0.4 is 10.2 Å². The van der Waals surface area contributed by atoms with Gasteiger partial charge in [-0.1, -0.05) is 24.3 Å². The summed E-state index contributed by atoms with van der Waals surface area (Å²) in [6, 6.07) is 5.14. The Labute approximate surface area is 185 Å². The minimum absolute atomic E-state index is 0.139. The predicted octanol–water partition coefficient (Wildman–Crippen LogP) is -2.80. The zero-order chi connectivity index (χ0) is 26.6. The van der Waals surface area contributed by atoms with Gasteiger partial charge in [0.05, 0.1) is 24.6 Å². The fourth-order valence-corrected chi connectivity index (χ4v) is 1.12. The second-order valence-corrected chi connectivity index (χ2v) is 5.17. The number of hydrogen-bond acceptors (Lipinski definition) is 10. The Morgan fingerprint density at radius 3 is 1.06 bits per heavy atom. The number of carbonyl (C=O) groups excluding carboxylic acids is 2. The largest absolute Gasteiger partial charge is 0.545 e. The van der Waals surface area contributed by atoms with Crippen LogP contribution in [-0.2, 0) is 19.2 Å². The van der Waals surface area contributed by atoms with Crippen LogP contribution >= 0.6 is 0 Å². The van der Waals surface area contributed by atoms with Gasteiger partial charge in [-0.2, -0.15) is 0 Å². The average molecular weight is 472 g/mol. The van der Waals surface area contributed by atoms with Crippen molar-refractivity contribution in [3.8, 4) is 0 Å². The van der Waals surface area contributed by atoms with Gasteiger partial charge in [-0.25, -0.2) is 19.2 Å². The Morgan fingerprint density at radius 2 is 0.939 bits per heavy atom. The van der Waals surface area contributed by atoms with E-state index < -0.39 is 41.9 Å². The van der Waals surface area contributed by atoms with Crippen molar-refractivity contribution >= 4 is 35.8 Å². The van der Waals surface area contributed by atoms with E-state index in [9.17, 15) is 39.0 Å². The second-order valence-electron chi connectivity index (χ2n) is 5.17. The normalized spacial score (nSPS) is 10.3. The molecular weight excluding hydrogens is 452 g/mol. The molecule has 33 heavy (non-hydrogen) atoms. The highest BCUT2D eigenvalue weighted by molar-refractivity contribution is 5.99. The molecule has 0 spiro atoms. The number of aliphatic carboxylic acids is 4. The van der Waals surface area contributed by atoms with Crippen LogP contribution in [0.4, 0.5) is 0 Å². The van der Waals surface area contributed by atoms with Gasteiger partial charge in [0.2, 0.25) is 0 Å². The minimum atomic E-state index is -1.52. The first kappa shape index (κ1) is 33.1. The fraction of sp³-hybridized carbons (Fsp3) is 0.158. The second kappa shape index (κ2) is 19.4. The van der Waals surface area contributed by atoms with Crippen LogP contribution in [0.15, 0.2) is 48.6 Å². The van der Waals surface area contributed by atoms with E-state index in [-0.39, 0.29) is 17.7 Å². The molecule has 1 aromatic rings. The zero-order valence-electron chi connectivity index (χ0n) is 16.9. The summed E-state index contributed by atoms with van der Waals surface area (Å²) in [5.41, 5.74) is -0.727. The minimum Gasteiger partial charge on any atom is -0.545 e. The lowest BCUT2D eigenvalue weighted by molar-refractivity contribution is -0.259. The van der Waals surface area contributed by atoms with E-state index in [0.717, 1.165) is 12.1 Å². The summed E-state index contributed by atoms with van der Waals surface area (Å²) in [6.45, 7) is 1.39. The molecule has 0 aliphatic carbocycles. The topological polar surface area (TPSA) is 270 Å². The molecule has 0 saturated carbocycles. The van der Waals surface area contributed by atoms with E-state index in [1.165, 1.54) is 19.1 Å². The van der Waals surface area contributed by atoms with E-state index in [2.05, 4.69) is 0 Å². The zero-order valence-corrected chi connectivity index (χ0v) is 16.9. The van der Waals surface area contributed by atoms with Crippen molar-refractivity contribution in [2.24, 2.45) is 0 Å². The van der Waals surface area contributed by atoms with E-state index >= 15 is 0 Å². The number of carbonyl (C=O) groups is 6. The smallest absolute Gasteiger partial charge is 0.328 e. The summed E-state index contributed by atoms with van der Waals surface area (Å²) in [7, 11) is 0. The average Bonchev–Trinajstić information content (AvgIpc) is 2.72. The van der Waals surface area contributed by atoms with Crippen LogP contribution in [0.3, 0.4) is 0 Å². The van der Waals surface area contributed by atoms with Crippen molar-refractivity contribution in [1.82, 2.24) is 0 Å². The molecule has 0 amide bonds. The van der Waals surface area contributed by atoms with Gasteiger partial charge in [0.25, 0.3) is 0 Å². The molecule has 0 bridgehead atoms. The first-order chi connectivity index (χ1) is 15.1. The monoisotopic (exact) mass is 472 g/mol. The molecule has 0 radical (unpaired) electrons. The number of carboxylic acid groups (broad SMARTS) is 6. The third kappa shape index (κ3) is 25.4. The summed E-state index contributed by atoms with van der Waals surface area (Å²) in [5.74, 6) is -8.07. The number of aliphatic hydroxyl groups is 2. The Hall–Kier alpha value is -4.56. The lowest BCUT2D eigenvalue weighted by Gasteiger charge is -2.09. The molecule has 0 saturated heterocycles. The van der Waals surface area contributed by atoms with Gasteiger partial charge >= 0.3 is 23.9 Å². The summed E-state index contributed by atoms with van der Waals surface area (Å²) in [6.07, 6.45) is 1.67. The number of rotatable bonds is 7. The van der Waals surface area contributed by atoms with Crippen molar-refractivity contribution in [3.05, 3.63) is 59.7 Å². The molecule has 1 unspecified atom stereocenters. The quantitative estimate of drug-likeness (QED) is 0.219. The Balaban J connectivity index is -0.000000382. The molecule has 0 aromatic heterocycles. The number of carboxylic acids is 6. The number of hydrogen-bond donors (Lipinski definition) is 6. The van der Waals surface area contributed by atoms with E-state index in [0.29, 0.717) is 24.3 Å². The third-order valence-electron chi connectivity index (χ3n) is 2.37. The van der Waals surface area contributed by atoms with Crippen molar-refractivity contribution < 1.29 is 69.6 Å². The first-order valence-corrected chi connectivity index (χ1v) is 8.24. The van der Waals surface area contributed by atoms with Crippen LogP contribution in [0.25, 0.3) is 0 Å².